The van der Waals surface area contributed by atoms with Gasteiger partial charge in [0.15, 0.2) is 0 Å². The summed E-state index contributed by atoms with van der Waals surface area (Å²) in [6.07, 6.45) is 13.4. The number of unbranched alkanes of at least 4 members (excludes halogenated alkanes) is 5. The Bertz CT molecular complexity index is 804. The largest absolute Gasteiger partial charge is 0.543 e. The van der Waals surface area contributed by atoms with Crippen LogP contribution in [-0.2, 0) is 6.42 Å². The Balaban J connectivity index is 2.14. The topological polar surface area (TPSA) is 38.7 Å². The SMILES string of the molecule is Cc1c(C)c2c(c(C)c1O[Si](C)(C)C(C)(C)C)CC[C@@](C)(/C=C/CCCCCCCO)O2. The van der Waals surface area contributed by atoms with Crippen molar-refractivity contribution >= 4 is 8.32 Å². The summed E-state index contributed by atoms with van der Waals surface area (Å²) in [7, 11) is -1.91. The van der Waals surface area contributed by atoms with Crippen LogP contribution in [0.1, 0.15) is 94.9 Å². The molecule has 0 fully saturated rings. The quantitative estimate of drug-likeness (QED) is 0.218. The van der Waals surface area contributed by atoms with Crippen molar-refractivity contribution in [1.82, 2.24) is 0 Å². The first kappa shape index (κ1) is 27.0. The van der Waals surface area contributed by atoms with Gasteiger partial charge in [-0.25, -0.2) is 0 Å². The lowest BCUT2D eigenvalue weighted by Crippen LogP contribution is -2.44. The molecule has 0 unspecified atom stereocenters. The number of benzene rings is 1. The van der Waals surface area contributed by atoms with Crippen LogP contribution >= 0.6 is 0 Å². The molecule has 1 aromatic carbocycles. The Morgan fingerprint density at radius 3 is 2.25 bits per heavy atom. The van der Waals surface area contributed by atoms with Crippen LogP contribution in [0.5, 0.6) is 11.5 Å². The number of rotatable bonds is 10. The molecule has 0 radical (unpaired) electrons. The van der Waals surface area contributed by atoms with Crippen molar-refractivity contribution in [3.05, 3.63) is 34.4 Å². The fraction of sp³-hybridized carbons (Fsp3) is 0.714. The minimum Gasteiger partial charge on any atom is -0.543 e. The minimum absolute atomic E-state index is 0.175. The van der Waals surface area contributed by atoms with Crippen molar-refractivity contribution in [2.24, 2.45) is 0 Å². The number of hydrogen-bond donors (Lipinski definition) is 1. The molecule has 182 valence electrons. The molecule has 3 nitrogen and oxygen atoms in total. The van der Waals surface area contributed by atoms with Crippen molar-refractivity contribution in [2.75, 3.05) is 6.61 Å². The molecule has 32 heavy (non-hydrogen) atoms. The summed E-state index contributed by atoms with van der Waals surface area (Å²) in [5.41, 5.74) is 4.80. The van der Waals surface area contributed by atoms with E-state index in [9.17, 15) is 0 Å². The summed E-state index contributed by atoms with van der Waals surface area (Å²) in [6, 6.07) is 0. The number of hydrogen-bond acceptors (Lipinski definition) is 3. The maximum Gasteiger partial charge on any atom is 0.250 e. The summed E-state index contributed by atoms with van der Waals surface area (Å²) < 4.78 is 13.5. The molecule has 0 bridgehead atoms. The van der Waals surface area contributed by atoms with Gasteiger partial charge in [0, 0.05) is 12.2 Å². The highest BCUT2D eigenvalue weighted by Gasteiger charge is 2.40. The summed E-state index contributed by atoms with van der Waals surface area (Å²) in [6.45, 7) is 20.7. The molecule has 4 heteroatoms. The number of fused-ring (bicyclic) bond motifs is 1. The highest BCUT2D eigenvalue weighted by Crippen LogP contribution is 2.46. The molecule has 1 aliphatic heterocycles. The third-order valence-electron chi connectivity index (χ3n) is 7.68. The first-order valence-electron chi connectivity index (χ1n) is 12.6. The molecular weight excluding hydrogens is 412 g/mol. The Kier molecular flexibility index (Phi) is 9.09. The van der Waals surface area contributed by atoms with Gasteiger partial charge in [0.2, 0.25) is 0 Å². The van der Waals surface area contributed by atoms with Gasteiger partial charge in [0.25, 0.3) is 8.32 Å². The monoisotopic (exact) mass is 460 g/mol. The van der Waals surface area contributed by atoms with Gasteiger partial charge in [-0.15, -0.1) is 0 Å². The molecule has 0 spiro atoms. The molecule has 1 heterocycles. The van der Waals surface area contributed by atoms with Crippen LogP contribution in [0.4, 0.5) is 0 Å². The molecule has 1 N–H and O–H groups in total. The zero-order chi connectivity index (χ0) is 24.2. The summed E-state index contributed by atoms with van der Waals surface area (Å²) in [4.78, 5) is 0. The van der Waals surface area contributed by atoms with Crippen LogP contribution in [-0.4, -0.2) is 25.6 Å². The van der Waals surface area contributed by atoms with Crippen LogP contribution in [0.3, 0.4) is 0 Å². The van der Waals surface area contributed by atoms with E-state index in [4.69, 9.17) is 14.3 Å². The van der Waals surface area contributed by atoms with E-state index in [1.165, 1.54) is 41.5 Å². The van der Waals surface area contributed by atoms with Crippen molar-refractivity contribution in [3.8, 4) is 11.5 Å². The van der Waals surface area contributed by atoms with E-state index in [1.807, 2.05) is 0 Å². The third kappa shape index (κ3) is 6.41. The number of aliphatic hydroxyl groups is 1. The second kappa shape index (κ2) is 10.8. The van der Waals surface area contributed by atoms with Gasteiger partial charge in [0.05, 0.1) is 0 Å². The van der Waals surface area contributed by atoms with Crippen molar-refractivity contribution < 1.29 is 14.3 Å². The summed E-state index contributed by atoms with van der Waals surface area (Å²) in [5.74, 6) is 2.17. The van der Waals surface area contributed by atoms with E-state index < -0.39 is 8.32 Å². The average Bonchev–Trinajstić information content (AvgIpc) is 2.70. The van der Waals surface area contributed by atoms with Gasteiger partial charge in [-0.3, -0.25) is 0 Å². The molecule has 0 amide bonds. The summed E-state index contributed by atoms with van der Waals surface area (Å²) >= 11 is 0. The standard InChI is InChI=1S/C28H48O3Si/c1-21-22(2)26-24(23(3)25(21)31-32(8,9)27(4,5)6)17-19-28(7,30-26)18-15-13-11-10-12-14-16-20-29/h15,18,29H,10-14,16-17,19-20H2,1-9H3/b18-15+/t28-/m1/s1. The fourth-order valence-electron chi connectivity index (χ4n) is 4.17. The van der Waals surface area contributed by atoms with Gasteiger partial charge in [0.1, 0.15) is 17.1 Å². The molecule has 1 atom stereocenters. The molecule has 0 saturated carbocycles. The lowest BCUT2D eigenvalue weighted by atomic mass is 9.87. The van der Waals surface area contributed by atoms with Gasteiger partial charge in [-0.1, -0.05) is 46.1 Å². The zero-order valence-corrected chi connectivity index (χ0v) is 23.3. The first-order valence-corrected chi connectivity index (χ1v) is 15.5. The van der Waals surface area contributed by atoms with Crippen molar-refractivity contribution in [3.63, 3.8) is 0 Å². The van der Waals surface area contributed by atoms with Gasteiger partial charge in [-0.2, -0.15) is 0 Å². The molecule has 2 rings (SSSR count). The van der Waals surface area contributed by atoms with E-state index in [2.05, 4.69) is 73.7 Å². The third-order valence-corrected chi connectivity index (χ3v) is 12.0. The van der Waals surface area contributed by atoms with Gasteiger partial charge in [-0.05, 0) is 101 Å². The number of allylic oxidation sites excluding steroid dienone is 1. The predicted molar refractivity (Wildman–Crippen MR) is 140 cm³/mol. The Hall–Kier alpha value is -1.26. The summed E-state index contributed by atoms with van der Waals surface area (Å²) in [5, 5.41) is 9.04. The molecule has 0 aromatic heterocycles. The number of ether oxygens (including phenoxy) is 1. The predicted octanol–water partition coefficient (Wildman–Crippen LogP) is 7.97. The van der Waals surface area contributed by atoms with Crippen LogP contribution in [0.25, 0.3) is 0 Å². The second-order valence-corrected chi connectivity index (χ2v) is 16.2. The van der Waals surface area contributed by atoms with E-state index in [1.54, 1.807) is 0 Å². The molecular formula is C28H48O3Si. The molecule has 0 aliphatic carbocycles. The van der Waals surface area contributed by atoms with E-state index in [0.29, 0.717) is 6.61 Å². The normalized spacial score (nSPS) is 19.2. The second-order valence-electron chi connectivity index (χ2n) is 11.5. The lowest BCUT2D eigenvalue weighted by Gasteiger charge is -2.40. The first-order chi connectivity index (χ1) is 14.8. The maximum absolute atomic E-state index is 8.87. The smallest absolute Gasteiger partial charge is 0.250 e. The minimum atomic E-state index is -1.91. The van der Waals surface area contributed by atoms with Crippen LogP contribution in [0.15, 0.2) is 12.2 Å². The Morgan fingerprint density at radius 2 is 1.62 bits per heavy atom. The van der Waals surface area contributed by atoms with E-state index >= 15 is 0 Å². The maximum atomic E-state index is 8.87. The van der Waals surface area contributed by atoms with Crippen molar-refractivity contribution in [1.29, 1.82) is 0 Å². The van der Waals surface area contributed by atoms with Crippen LogP contribution in [0.2, 0.25) is 18.1 Å². The Labute approximate surface area is 198 Å². The van der Waals surface area contributed by atoms with E-state index in [0.717, 1.165) is 43.6 Å². The van der Waals surface area contributed by atoms with E-state index in [-0.39, 0.29) is 10.6 Å². The lowest BCUT2D eigenvalue weighted by molar-refractivity contribution is 0.112. The molecule has 0 saturated heterocycles. The van der Waals surface area contributed by atoms with Gasteiger partial charge >= 0.3 is 0 Å². The number of aliphatic hydroxyl groups excluding tert-OH is 1. The van der Waals surface area contributed by atoms with Crippen LogP contribution < -0.4 is 9.16 Å². The highest BCUT2D eigenvalue weighted by molar-refractivity contribution is 6.74. The van der Waals surface area contributed by atoms with Gasteiger partial charge < -0.3 is 14.3 Å². The Morgan fingerprint density at radius 1 is 1.00 bits per heavy atom. The fourth-order valence-corrected chi connectivity index (χ4v) is 5.29. The zero-order valence-electron chi connectivity index (χ0n) is 22.3. The molecule has 1 aromatic rings. The van der Waals surface area contributed by atoms with Crippen LogP contribution in [0, 0.1) is 20.8 Å². The van der Waals surface area contributed by atoms with Crippen molar-refractivity contribution in [2.45, 2.75) is 124 Å². The average molecular weight is 461 g/mol. The highest BCUT2D eigenvalue weighted by atomic mass is 28.4. The molecule has 1 aliphatic rings.